The fraction of sp³-hybridized carbons (Fsp3) is 0.176. The van der Waals surface area contributed by atoms with Crippen LogP contribution in [0.4, 0.5) is 10.5 Å². The molecule has 6 nitrogen and oxygen atoms in total. The van der Waals surface area contributed by atoms with Crippen molar-refractivity contribution in [2.45, 2.75) is 6.54 Å². The first-order valence-electron chi connectivity index (χ1n) is 7.41. The van der Waals surface area contributed by atoms with Gasteiger partial charge in [0, 0.05) is 31.4 Å². The molecule has 7 heteroatoms. The first-order chi connectivity index (χ1) is 11.5. The Kier molecular flexibility index (Phi) is 4.31. The number of rotatable bonds is 3. The van der Waals surface area contributed by atoms with E-state index in [4.69, 9.17) is 11.6 Å². The third-order valence-electron chi connectivity index (χ3n) is 3.93. The number of anilines is 1. The van der Waals surface area contributed by atoms with E-state index in [-0.39, 0.29) is 11.7 Å². The summed E-state index contributed by atoms with van der Waals surface area (Å²) in [7, 11) is 3.42. The molecule has 0 aliphatic carbocycles. The first-order valence-corrected chi connectivity index (χ1v) is 7.79. The van der Waals surface area contributed by atoms with Crippen molar-refractivity contribution >= 4 is 34.4 Å². The predicted octanol–water partition coefficient (Wildman–Crippen LogP) is 2.85. The fourth-order valence-electron chi connectivity index (χ4n) is 2.58. The summed E-state index contributed by atoms with van der Waals surface area (Å²) in [6.07, 6.45) is 0. The van der Waals surface area contributed by atoms with E-state index < -0.39 is 0 Å². The van der Waals surface area contributed by atoms with Crippen LogP contribution in [0.25, 0.3) is 11.0 Å². The van der Waals surface area contributed by atoms with E-state index in [2.05, 4.69) is 10.6 Å². The molecule has 0 saturated carbocycles. The highest BCUT2D eigenvalue weighted by Gasteiger charge is 2.09. The number of halogens is 1. The van der Waals surface area contributed by atoms with E-state index in [0.717, 1.165) is 16.6 Å². The van der Waals surface area contributed by atoms with Gasteiger partial charge >= 0.3 is 11.7 Å². The van der Waals surface area contributed by atoms with E-state index in [1.807, 2.05) is 18.2 Å². The lowest BCUT2D eigenvalue weighted by Crippen LogP contribution is -2.28. The molecule has 0 fully saturated rings. The molecule has 2 amide bonds. The number of urea groups is 1. The third-order valence-corrected chi connectivity index (χ3v) is 4.30. The highest BCUT2D eigenvalue weighted by Crippen LogP contribution is 2.18. The lowest BCUT2D eigenvalue weighted by atomic mass is 10.2. The molecule has 1 heterocycles. The minimum Gasteiger partial charge on any atom is -0.334 e. The summed E-state index contributed by atoms with van der Waals surface area (Å²) in [5, 5.41) is 6.13. The van der Waals surface area contributed by atoms with E-state index >= 15 is 0 Å². The van der Waals surface area contributed by atoms with Crippen molar-refractivity contribution < 1.29 is 4.79 Å². The van der Waals surface area contributed by atoms with Crippen molar-refractivity contribution in [3.8, 4) is 0 Å². The summed E-state index contributed by atoms with van der Waals surface area (Å²) in [6.45, 7) is 0.331. The van der Waals surface area contributed by atoms with Gasteiger partial charge < -0.3 is 10.6 Å². The largest absolute Gasteiger partial charge is 0.334 e. The highest BCUT2D eigenvalue weighted by atomic mass is 35.5. The zero-order valence-electron chi connectivity index (χ0n) is 13.3. The van der Waals surface area contributed by atoms with Crippen LogP contribution in [-0.4, -0.2) is 15.2 Å². The zero-order valence-corrected chi connectivity index (χ0v) is 14.1. The summed E-state index contributed by atoms with van der Waals surface area (Å²) in [6, 6.07) is 12.3. The van der Waals surface area contributed by atoms with Gasteiger partial charge in [0.2, 0.25) is 0 Å². The summed E-state index contributed by atoms with van der Waals surface area (Å²) in [4.78, 5) is 24.0. The molecule has 0 spiro atoms. The number of fused-ring (bicyclic) bond motifs is 1. The van der Waals surface area contributed by atoms with Crippen molar-refractivity contribution in [2.75, 3.05) is 5.32 Å². The highest BCUT2D eigenvalue weighted by molar-refractivity contribution is 6.31. The van der Waals surface area contributed by atoms with Gasteiger partial charge in [0.1, 0.15) is 0 Å². The Morgan fingerprint density at radius 3 is 2.54 bits per heavy atom. The van der Waals surface area contributed by atoms with Gasteiger partial charge in [0.25, 0.3) is 0 Å². The SMILES string of the molecule is Cn1c(=O)n(C)c2cc(NC(=O)NCc3ccccc3Cl)ccc21. The van der Waals surface area contributed by atoms with Crippen LogP contribution in [0.2, 0.25) is 5.02 Å². The molecule has 1 aromatic heterocycles. The molecule has 3 aromatic rings. The number of nitrogens with zero attached hydrogens (tertiary/aromatic N) is 2. The molecule has 0 aliphatic heterocycles. The van der Waals surface area contributed by atoms with Gasteiger partial charge in [-0.25, -0.2) is 9.59 Å². The molecule has 124 valence electrons. The van der Waals surface area contributed by atoms with Crippen LogP contribution < -0.4 is 16.3 Å². The van der Waals surface area contributed by atoms with Gasteiger partial charge in [0.05, 0.1) is 11.0 Å². The molecule has 0 radical (unpaired) electrons. The smallest absolute Gasteiger partial charge is 0.328 e. The van der Waals surface area contributed by atoms with Gasteiger partial charge in [-0.1, -0.05) is 29.8 Å². The lowest BCUT2D eigenvalue weighted by molar-refractivity contribution is 0.252. The second-order valence-corrected chi connectivity index (χ2v) is 5.91. The molecule has 0 bridgehead atoms. The predicted molar refractivity (Wildman–Crippen MR) is 95.5 cm³/mol. The van der Waals surface area contributed by atoms with E-state index in [9.17, 15) is 9.59 Å². The molecule has 2 aromatic carbocycles. The molecule has 2 N–H and O–H groups in total. The number of benzene rings is 2. The molecule has 0 saturated heterocycles. The van der Waals surface area contributed by atoms with Crippen molar-refractivity contribution in [3.63, 3.8) is 0 Å². The Morgan fingerprint density at radius 2 is 1.79 bits per heavy atom. The summed E-state index contributed by atoms with van der Waals surface area (Å²) in [5.74, 6) is 0. The van der Waals surface area contributed by atoms with Gasteiger partial charge in [-0.2, -0.15) is 0 Å². The maximum atomic E-state index is 12.1. The molecule has 0 aliphatic rings. The second-order valence-electron chi connectivity index (χ2n) is 5.50. The molecule has 3 rings (SSSR count). The van der Waals surface area contributed by atoms with Crippen LogP contribution in [0, 0.1) is 0 Å². The van der Waals surface area contributed by atoms with Crippen molar-refractivity contribution in [2.24, 2.45) is 14.1 Å². The van der Waals surface area contributed by atoms with E-state index in [0.29, 0.717) is 17.3 Å². The Balaban J connectivity index is 1.73. The summed E-state index contributed by atoms with van der Waals surface area (Å²) >= 11 is 6.06. The van der Waals surface area contributed by atoms with Crippen LogP contribution in [0.1, 0.15) is 5.56 Å². The number of aromatic nitrogens is 2. The summed E-state index contributed by atoms with van der Waals surface area (Å²) < 4.78 is 3.11. The number of hydrogen-bond acceptors (Lipinski definition) is 2. The van der Waals surface area contributed by atoms with Crippen LogP contribution in [0.5, 0.6) is 0 Å². The third kappa shape index (κ3) is 3.00. The number of imidazole rings is 1. The lowest BCUT2D eigenvalue weighted by Gasteiger charge is -2.09. The Morgan fingerprint density at radius 1 is 1.08 bits per heavy atom. The number of aryl methyl sites for hydroxylation is 2. The number of carbonyl (C=O) groups is 1. The van der Waals surface area contributed by atoms with E-state index in [1.165, 1.54) is 0 Å². The van der Waals surface area contributed by atoms with Crippen molar-refractivity contribution in [3.05, 3.63) is 63.5 Å². The average molecular weight is 345 g/mol. The van der Waals surface area contributed by atoms with Crippen LogP contribution in [0.3, 0.4) is 0 Å². The number of nitrogens with one attached hydrogen (secondary N) is 2. The minimum absolute atomic E-state index is 0.106. The molecule has 0 unspecified atom stereocenters. The number of carbonyl (C=O) groups excluding carboxylic acids is 1. The molecule has 24 heavy (non-hydrogen) atoms. The number of hydrogen-bond donors (Lipinski definition) is 2. The maximum absolute atomic E-state index is 12.1. The second kappa shape index (κ2) is 6.41. The molecular formula is C17H17ClN4O2. The van der Waals surface area contributed by atoms with Crippen LogP contribution in [0.15, 0.2) is 47.3 Å². The fourth-order valence-corrected chi connectivity index (χ4v) is 2.78. The van der Waals surface area contributed by atoms with Crippen molar-refractivity contribution in [1.29, 1.82) is 0 Å². The standard InChI is InChI=1S/C17H17ClN4O2/c1-21-14-8-7-12(9-15(14)22(2)17(21)24)20-16(23)19-10-11-5-3-4-6-13(11)18/h3-9H,10H2,1-2H3,(H2,19,20,23). The zero-order chi connectivity index (χ0) is 17.3. The van der Waals surface area contributed by atoms with Gasteiger partial charge in [0.15, 0.2) is 0 Å². The molecule has 0 atom stereocenters. The Hall–Kier alpha value is -2.73. The summed E-state index contributed by atoms with van der Waals surface area (Å²) in [5.41, 5.74) is 2.91. The topological polar surface area (TPSA) is 68.1 Å². The average Bonchev–Trinajstić information content (AvgIpc) is 2.78. The van der Waals surface area contributed by atoms with E-state index in [1.54, 1.807) is 47.5 Å². The van der Waals surface area contributed by atoms with Crippen LogP contribution >= 0.6 is 11.6 Å². The normalized spacial score (nSPS) is 10.8. The first kappa shape index (κ1) is 16.1. The van der Waals surface area contributed by atoms with Crippen molar-refractivity contribution in [1.82, 2.24) is 14.5 Å². The Bertz CT molecular complexity index is 974. The number of amides is 2. The van der Waals surface area contributed by atoms with Gasteiger partial charge in [-0.15, -0.1) is 0 Å². The Labute approximate surface area is 143 Å². The molecular weight excluding hydrogens is 328 g/mol. The monoisotopic (exact) mass is 344 g/mol. The maximum Gasteiger partial charge on any atom is 0.328 e. The van der Waals surface area contributed by atoms with Gasteiger partial charge in [-0.3, -0.25) is 9.13 Å². The van der Waals surface area contributed by atoms with Crippen LogP contribution in [-0.2, 0) is 20.6 Å². The van der Waals surface area contributed by atoms with Gasteiger partial charge in [-0.05, 0) is 29.8 Å². The quantitative estimate of drug-likeness (QED) is 0.767. The minimum atomic E-state index is -0.338.